The molecule has 0 aliphatic rings. The molecule has 0 atom stereocenters. The van der Waals surface area contributed by atoms with Gasteiger partial charge >= 0.3 is 0 Å². The van der Waals surface area contributed by atoms with Crippen LogP contribution in [0.1, 0.15) is 24.5 Å². The van der Waals surface area contributed by atoms with Crippen LogP contribution in [0.15, 0.2) is 48.5 Å². The van der Waals surface area contributed by atoms with Gasteiger partial charge in [-0.1, -0.05) is 36.4 Å². The second kappa shape index (κ2) is 11.0. The van der Waals surface area contributed by atoms with Gasteiger partial charge in [0, 0.05) is 33.0 Å². The molecule has 0 fully saturated rings. The third kappa shape index (κ3) is 6.61. The van der Waals surface area contributed by atoms with Crippen molar-refractivity contribution < 1.29 is 19.1 Å². The summed E-state index contributed by atoms with van der Waals surface area (Å²) in [6, 6.07) is 15.5. The maximum absolute atomic E-state index is 12.0. The van der Waals surface area contributed by atoms with Crippen LogP contribution < -0.4 is 14.8 Å². The second-order valence-corrected chi connectivity index (χ2v) is 6.47. The molecule has 0 aliphatic heterocycles. The Balaban J connectivity index is 1.82. The summed E-state index contributed by atoms with van der Waals surface area (Å²) in [5.41, 5.74) is 2.07. The highest BCUT2D eigenvalue weighted by molar-refractivity contribution is 5.76. The summed E-state index contributed by atoms with van der Waals surface area (Å²) in [4.78, 5) is 25.7. The summed E-state index contributed by atoms with van der Waals surface area (Å²) in [5, 5.41) is 2.89. The highest BCUT2D eigenvalue weighted by Gasteiger charge is 2.12. The standard InChI is InChI=1S/C22H28N2O4/c1-17(25)24(16-19-9-11-20(27-2)21(15-19)28-3)14-13-23-22(26)12-10-18-7-5-4-6-8-18/h4-9,11,15H,10,12-14,16H2,1-3H3,(H,23,26). The van der Waals surface area contributed by atoms with Crippen molar-refractivity contribution in [1.29, 1.82) is 0 Å². The molecule has 0 bridgehead atoms. The number of aryl methyl sites for hydroxylation is 1. The van der Waals surface area contributed by atoms with Gasteiger partial charge in [0.05, 0.1) is 14.2 Å². The van der Waals surface area contributed by atoms with E-state index in [1.807, 2.05) is 48.5 Å². The highest BCUT2D eigenvalue weighted by atomic mass is 16.5. The van der Waals surface area contributed by atoms with Crippen molar-refractivity contribution in [3.63, 3.8) is 0 Å². The molecule has 2 amide bonds. The summed E-state index contributed by atoms with van der Waals surface area (Å²) in [5.74, 6) is 1.20. The average molecular weight is 384 g/mol. The monoisotopic (exact) mass is 384 g/mol. The van der Waals surface area contributed by atoms with Crippen LogP contribution in [0.3, 0.4) is 0 Å². The summed E-state index contributed by atoms with van der Waals surface area (Å²) in [6.07, 6.45) is 1.13. The molecular weight excluding hydrogens is 356 g/mol. The van der Waals surface area contributed by atoms with E-state index in [-0.39, 0.29) is 11.8 Å². The molecule has 0 radical (unpaired) electrons. The molecule has 2 aromatic carbocycles. The predicted molar refractivity (Wildman–Crippen MR) is 108 cm³/mol. The minimum Gasteiger partial charge on any atom is -0.493 e. The van der Waals surface area contributed by atoms with Crippen LogP contribution in [0.2, 0.25) is 0 Å². The van der Waals surface area contributed by atoms with E-state index in [9.17, 15) is 9.59 Å². The zero-order chi connectivity index (χ0) is 20.4. The van der Waals surface area contributed by atoms with Crippen LogP contribution >= 0.6 is 0 Å². The molecule has 0 aromatic heterocycles. The number of benzene rings is 2. The number of nitrogens with one attached hydrogen (secondary N) is 1. The Hall–Kier alpha value is -3.02. The number of amides is 2. The van der Waals surface area contributed by atoms with Gasteiger partial charge in [-0.3, -0.25) is 9.59 Å². The molecular formula is C22H28N2O4. The van der Waals surface area contributed by atoms with Crippen molar-refractivity contribution in [2.45, 2.75) is 26.3 Å². The molecule has 0 spiro atoms. The fraction of sp³-hybridized carbons (Fsp3) is 0.364. The molecule has 0 aliphatic carbocycles. The molecule has 150 valence electrons. The van der Waals surface area contributed by atoms with Crippen molar-refractivity contribution in [2.75, 3.05) is 27.3 Å². The van der Waals surface area contributed by atoms with Crippen LogP contribution in [0.25, 0.3) is 0 Å². The zero-order valence-electron chi connectivity index (χ0n) is 16.7. The third-order valence-electron chi connectivity index (χ3n) is 4.45. The van der Waals surface area contributed by atoms with E-state index < -0.39 is 0 Å². The Morgan fingerprint density at radius 1 is 0.964 bits per heavy atom. The van der Waals surface area contributed by atoms with E-state index in [1.54, 1.807) is 19.1 Å². The van der Waals surface area contributed by atoms with Crippen molar-refractivity contribution in [3.05, 3.63) is 59.7 Å². The maximum atomic E-state index is 12.0. The van der Waals surface area contributed by atoms with Crippen molar-refractivity contribution in [3.8, 4) is 11.5 Å². The van der Waals surface area contributed by atoms with Gasteiger partial charge in [0.2, 0.25) is 11.8 Å². The van der Waals surface area contributed by atoms with Gasteiger partial charge in [-0.15, -0.1) is 0 Å². The largest absolute Gasteiger partial charge is 0.493 e. The third-order valence-corrected chi connectivity index (χ3v) is 4.45. The number of hydrogen-bond donors (Lipinski definition) is 1. The molecule has 0 unspecified atom stereocenters. The van der Waals surface area contributed by atoms with E-state index in [4.69, 9.17) is 9.47 Å². The first-order valence-corrected chi connectivity index (χ1v) is 9.30. The fourth-order valence-corrected chi connectivity index (χ4v) is 2.87. The van der Waals surface area contributed by atoms with Crippen LogP contribution in [0.5, 0.6) is 11.5 Å². The Morgan fingerprint density at radius 2 is 1.68 bits per heavy atom. The van der Waals surface area contributed by atoms with Crippen molar-refractivity contribution in [2.24, 2.45) is 0 Å². The molecule has 2 rings (SSSR count). The van der Waals surface area contributed by atoms with Crippen molar-refractivity contribution in [1.82, 2.24) is 10.2 Å². The SMILES string of the molecule is COc1ccc(CN(CCNC(=O)CCc2ccccc2)C(C)=O)cc1OC. The quantitative estimate of drug-likeness (QED) is 0.684. The van der Waals surface area contributed by atoms with Gasteiger partial charge < -0.3 is 19.7 Å². The van der Waals surface area contributed by atoms with Gasteiger partial charge in [0.15, 0.2) is 11.5 Å². The first-order chi connectivity index (χ1) is 13.5. The lowest BCUT2D eigenvalue weighted by Gasteiger charge is -2.22. The first kappa shape index (κ1) is 21.3. The predicted octanol–water partition coefficient (Wildman–Crippen LogP) is 2.80. The maximum Gasteiger partial charge on any atom is 0.220 e. The minimum absolute atomic E-state index is 0.0153. The van der Waals surface area contributed by atoms with Gasteiger partial charge in [-0.25, -0.2) is 0 Å². The molecule has 28 heavy (non-hydrogen) atoms. The Kier molecular flexibility index (Phi) is 8.34. The number of carbonyl (C=O) groups excluding carboxylic acids is 2. The van der Waals surface area contributed by atoms with E-state index in [2.05, 4.69) is 5.32 Å². The van der Waals surface area contributed by atoms with E-state index in [0.717, 1.165) is 11.1 Å². The summed E-state index contributed by atoms with van der Waals surface area (Å²) in [7, 11) is 3.16. The van der Waals surface area contributed by atoms with Crippen LogP contribution in [0, 0.1) is 0 Å². The number of methoxy groups -OCH3 is 2. The number of ether oxygens (including phenoxy) is 2. The molecule has 6 heteroatoms. The van der Waals surface area contributed by atoms with E-state index in [1.165, 1.54) is 6.92 Å². The van der Waals surface area contributed by atoms with Crippen LogP contribution in [0.4, 0.5) is 0 Å². The van der Waals surface area contributed by atoms with Crippen molar-refractivity contribution >= 4 is 11.8 Å². The molecule has 2 aromatic rings. The Morgan fingerprint density at radius 3 is 2.32 bits per heavy atom. The topological polar surface area (TPSA) is 67.9 Å². The summed E-state index contributed by atoms with van der Waals surface area (Å²) < 4.78 is 10.5. The van der Waals surface area contributed by atoms with Crippen LogP contribution in [-0.4, -0.2) is 44.0 Å². The van der Waals surface area contributed by atoms with Gasteiger partial charge in [-0.05, 0) is 29.7 Å². The minimum atomic E-state index is -0.0479. The fourth-order valence-electron chi connectivity index (χ4n) is 2.87. The normalized spacial score (nSPS) is 10.2. The Labute approximate surface area is 166 Å². The van der Waals surface area contributed by atoms with Gasteiger partial charge in [0.25, 0.3) is 0 Å². The lowest BCUT2D eigenvalue weighted by molar-refractivity contribution is -0.130. The smallest absolute Gasteiger partial charge is 0.220 e. The number of carbonyl (C=O) groups is 2. The lowest BCUT2D eigenvalue weighted by Crippen LogP contribution is -2.37. The van der Waals surface area contributed by atoms with Gasteiger partial charge in [-0.2, -0.15) is 0 Å². The summed E-state index contributed by atoms with van der Waals surface area (Å²) >= 11 is 0. The summed E-state index contributed by atoms with van der Waals surface area (Å²) in [6.45, 7) is 2.83. The van der Waals surface area contributed by atoms with E-state index in [0.29, 0.717) is 44.0 Å². The molecule has 0 saturated heterocycles. The lowest BCUT2D eigenvalue weighted by atomic mass is 10.1. The number of nitrogens with zero attached hydrogens (tertiary/aromatic N) is 1. The molecule has 0 saturated carbocycles. The van der Waals surface area contributed by atoms with Crippen LogP contribution in [-0.2, 0) is 22.6 Å². The van der Waals surface area contributed by atoms with Gasteiger partial charge in [0.1, 0.15) is 0 Å². The molecule has 0 heterocycles. The molecule has 6 nitrogen and oxygen atoms in total. The zero-order valence-corrected chi connectivity index (χ0v) is 16.7. The average Bonchev–Trinajstić information content (AvgIpc) is 2.72. The Bertz CT molecular complexity index is 777. The number of hydrogen-bond acceptors (Lipinski definition) is 4. The molecule has 1 N–H and O–H groups in total. The highest BCUT2D eigenvalue weighted by Crippen LogP contribution is 2.28. The number of rotatable bonds is 10. The van der Waals surface area contributed by atoms with E-state index >= 15 is 0 Å². The second-order valence-electron chi connectivity index (χ2n) is 6.47. The first-order valence-electron chi connectivity index (χ1n) is 9.30.